The number of hydrogen-bond acceptors (Lipinski definition) is 3. The highest BCUT2D eigenvalue weighted by Crippen LogP contribution is 2.17. The zero-order valence-corrected chi connectivity index (χ0v) is 12.3. The maximum absolute atomic E-state index is 12.2. The summed E-state index contributed by atoms with van der Waals surface area (Å²) in [5.41, 5.74) is 2.13. The summed E-state index contributed by atoms with van der Waals surface area (Å²) in [5, 5.41) is 18.9. The topological polar surface area (TPSA) is 78.0 Å². The number of aliphatic hydroxyl groups excluding tert-OH is 1. The molecule has 0 aliphatic carbocycles. The molecule has 0 radical (unpaired) electrons. The van der Waals surface area contributed by atoms with Gasteiger partial charge in [-0.2, -0.15) is 5.10 Å². The summed E-state index contributed by atoms with van der Waals surface area (Å²) < 4.78 is 0. The van der Waals surface area contributed by atoms with Gasteiger partial charge in [-0.25, -0.2) is 0 Å². The second kappa shape index (κ2) is 7.04. The number of nitrogens with one attached hydrogen (secondary N) is 2. The van der Waals surface area contributed by atoms with Crippen molar-refractivity contribution in [2.75, 3.05) is 6.61 Å². The summed E-state index contributed by atoms with van der Waals surface area (Å²) in [6.45, 7) is 4.09. The number of carbonyl (C=O) groups excluding carboxylic acids is 1. The van der Waals surface area contributed by atoms with Crippen molar-refractivity contribution >= 4 is 5.91 Å². The van der Waals surface area contributed by atoms with Crippen LogP contribution in [0, 0.1) is 5.92 Å². The third kappa shape index (κ3) is 3.92. The molecule has 3 N–H and O–H groups in total. The van der Waals surface area contributed by atoms with Crippen molar-refractivity contribution in [3.63, 3.8) is 0 Å². The number of aliphatic hydroxyl groups is 1. The first-order valence-electron chi connectivity index (χ1n) is 7.14. The Morgan fingerprint density at radius 2 is 2.05 bits per heavy atom. The van der Waals surface area contributed by atoms with Crippen LogP contribution >= 0.6 is 0 Å². The molecule has 0 aliphatic heterocycles. The van der Waals surface area contributed by atoms with E-state index in [1.165, 1.54) is 0 Å². The molecule has 2 rings (SSSR count). The van der Waals surface area contributed by atoms with Gasteiger partial charge in [-0.3, -0.25) is 9.89 Å². The van der Waals surface area contributed by atoms with E-state index in [1.54, 1.807) is 6.07 Å². The van der Waals surface area contributed by atoms with Crippen LogP contribution in [-0.2, 0) is 0 Å². The lowest BCUT2D eigenvalue weighted by atomic mass is 10.0. The fourth-order valence-electron chi connectivity index (χ4n) is 2.15. The predicted octanol–water partition coefficient (Wildman–Crippen LogP) is 2.21. The zero-order chi connectivity index (χ0) is 15.2. The van der Waals surface area contributed by atoms with Crippen LogP contribution in [0.2, 0.25) is 0 Å². The molecule has 5 heteroatoms. The second-order valence-corrected chi connectivity index (χ2v) is 5.37. The smallest absolute Gasteiger partial charge is 0.269 e. The molecule has 0 saturated carbocycles. The Kier molecular flexibility index (Phi) is 5.11. The van der Waals surface area contributed by atoms with Gasteiger partial charge in [0.1, 0.15) is 5.69 Å². The van der Waals surface area contributed by atoms with E-state index in [1.807, 2.05) is 44.2 Å². The minimum absolute atomic E-state index is 0.0500. The Morgan fingerprint density at radius 3 is 2.67 bits per heavy atom. The van der Waals surface area contributed by atoms with Gasteiger partial charge in [0.25, 0.3) is 5.91 Å². The molecular formula is C16H21N3O2. The molecule has 0 bridgehead atoms. The molecule has 112 valence electrons. The van der Waals surface area contributed by atoms with Crippen molar-refractivity contribution < 1.29 is 9.90 Å². The van der Waals surface area contributed by atoms with Crippen molar-refractivity contribution in [2.45, 2.75) is 26.3 Å². The monoisotopic (exact) mass is 287 g/mol. The molecule has 1 amide bonds. The standard InChI is InChI=1S/C16H21N3O2/c1-11(2)13(8-9-20)17-16(21)15-10-14(18-19-15)12-6-4-3-5-7-12/h3-7,10-11,13,20H,8-9H2,1-2H3,(H,17,21)(H,18,19). The Labute approximate surface area is 124 Å². The lowest BCUT2D eigenvalue weighted by molar-refractivity contribution is 0.0911. The van der Waals surface area contributed by atoms with E-state index in [2.05, 4.69) is 15.5 Å². The molecule has 21 heavy (non-hydrogen) atoms. The van der Waals surface area contributed by atoms with Gasteiger partial charge >= 0.3 is 0 Å². The number of aromatic amines is 1. The highest BCUT2D eigenvalue weighted by molar-refractivity contribution is 5.93. The van der Waals surface area contributed by atoms with E-state index in [0.717, 1.165) is 11.3 Å². The first-order chi connectivity index (χ1) is 10.1. The van der Waals surface area contributed by atoms with E-state index < -0.39 is 0 Å². The van der Waals surface area contributed by atoms with Crippen molar-refractivity contribution in [3.05, 3.63) is 42.1 Å². The van der Waals surface area contributed by atoms with Gasteiger partial charge in [0.2, 0.25) is 0 Å². The van der Waals surface area contributed by atoms with Crippen LogP contribution in [0.4, 0.5) is 0 Å². The summed E-state index contributed by atoms with van der Waals surface area (Å²) in [4.78, 5) is 12.2. The van der Waals surface area contributed by atoms with E-state index in [0.29, 0.717) is 12.1 Å². The summed E-state index contributed by atoms with van der Waals surface area (Å²) in [5.74, 6) is 0.0643. The maximum Gasteiger partial charge on any atom is 0.269 e. The van der Waals surface area contributed by atoms with E-state index >= 15 is 0 Å². The van der Waals surface area contributed by atoms with Crippen molar-refractivity contribution in [1.82, 2.24) is 15.5 Å². The van der Waals surface area contributed by atoms with Gasteiger partial charge in [-0.05, 0) is 18.4 Å². The average Bonchev–Trinajstić information content (AvgIpc) is 2.97. The third-order valence-electron chi connectivity index (χ3n) is 3.45. The third-order valence-corrected chi connectivity index (χ3v) is 3.45. The average molecular weight is 287 g/mol. The molecule has 5 nitrogen and oxygen atoms in total. The largest absolute Gasteiger partial charge is 0.396 e. The van der Waals surface area contributed by atoms with Crippen LogP contribution in [0.25, 0.3) is 11.3 Å². The Balaban J connectivity index is 2.08. The van der Waals surface area contributed by atoms with Crippen LogP contribution in [-0.4, -0.2) is 33.9 Å². The van der Waals surface area contributed by atoms with Crippen LogP contribution in [0.1, 0.15) is 30.8 Å². The molecule has 0 saturated heterocycles. The molecular weight excluding hydrogens is 266 g/mol. The minimum atomic E-state index is -0.197. The molecule has 1 aromatic heterocycles. The van der Waals surface area contributed by atoms with Crippen LogP contribution in [0.15, 0.2) is 36.4 Å². The predicted molar refractivity (Wildman–Crippen MR) is 81.8 cm³/mol. The second-order valence-electron chi connectivity index (χ2n) is 5.37. The number of aromatic nitrogens is 2. The first kappa shape index (κ1) is 15.3. The number of carbonyl (C=O) groups is 1. The van der Waals surface area contributed by atoms with E-state index in [9.17, 15) is 4.79 Å². The molecule has 0 spiro atoms. The minimum Gasteiger partial charge on any atom is -0.396 e. The van der Waals surface area contributed by atoms with Gasteiger partial charge in [0.05, 0.1) is 5.69 Å². The van der Waals surface area contributed by atoms with E-state index in [-0.39, 0.29) is 24.5 Å². The number of amides is 1. The summed E-state index contributed by atoms with van der Waals surface area (Å²) in [6.07, 6.45) is 0.545. The highest BCUT2D eigenvalue weighted by atomic mass is 16.3. The molecule has 0 aliphatic rings. The number of rotatable bonds is 6. The van der Waals surface area contributed by atoms with Gasteiger partial charge in [-0.1, -0.05) is 44.2 Å². The lowest BCUT2D eigenvalue weighted by Crippen LogP contribution is -2.39. The fourth-order valence-corrected chi connectivity index (χ4v) is 2.15. The zero-order valence-electron chi connectivity index (χ0n) is 12.3. The van der Waals surface area contributed by atoms with Crippen molar-refractivity contribution in [2.24, 2.45) is 5.92 Å². The number of hydrogen-bond donors (Lipinski definition) is 3. The molecule has 0 fully saturated rings. The molecule has 1 aromatic carbocycles. The Hall–Kier alpha value is -2.14. The summed E-state index contributed by atoms with van der Waals surface area (Å²) >= 11 is 0. The highest BCUT2D eigenvalue weighted by Gasteiger charge is 2.18. The molecule has 1 atom stereocenters. The SMILES string of the molecule is CC(C)C(CCO)NC(=O)c1cc(-c2ccccc2)n[nH]1. The Bertz CT molecular complexity index is 578. The van der Waals surface area contributed by atoms with Gasteiger partial charge in [-0.15, -0.1) is 0 Å². The van der Waals surface area contributed by atoms with Crippen molar-refractivity contribution in [3.8, 4) is 11.3 Å². The number of nitrogens with zero attached hydrogens (tertiary/aromatic N) is 1. The van der Waals surface area contributed by atoms with E-state index in [4.69, 9.17) is 5.11 Å². The summed E-state index contributed by atoms with van der Waals surface area (Å²) in [6, 6.07) is 11.4. The van der Waals surface area contributed by atoms with Crippen molar-refractivity contribution in [1.29, 1.82) is 0 Å². The molecule has 2 aromatic rings. The number of benzene rings is 1. The van der Waals surface area contributed by atoms with Crippen LogP contribution < -0.4 is 5.32 Å². The molecule has 1 heterocycles. The van der Waals surface area contributed by atoms with Crippen LogP contribution in [0.5, 0.6) is 0 Å². The fraction of sp³-hybridized carbons (Fsp3) is 0.375. The maximum atomic E-state index is 12.2. The summed E-state index contributed by atoms with van der Waals surface area (Å²) in [7, 11) is 0. The van der Waals surface area contributed by atoms with Gasteiger partial charge in [0.15, 0.2) is 0 Å². The quantitative estimate of drug-likeness (QED) is 0.762. The lowest BCUT2D eigenvalue weighted by Gasteiger charge is -2.20. The first-order valence-corrected chi connectivity index (χ1v) is 7.14. The molecule has 1 unspecified atom stereocenters. The normalized spacial score (nSPS) is 12.4. The van der Waals surface area contributed by atoms with Crippen LogP contribution in [0.3, 0.4) is 0 Å². The van der Waals surface area contributed by atoms with Gasteiger partial charge in [0, 0.05) is 18.2 Å². The van der Waals surface area contributed by atoms with Gasteiger partial charge < -0.3 is 10.4 Å². The number of H-pyrrole nitrogens is 1. The Morgan fingerprint density at radius 1 is 1.33 bits per heavy atom.